The molecule has 0 unspecified atom stereocenters. The zero-order valence-electron chi connectivity index (χ0n) is 8.86. The van der Waals surface area contributed by atoms with Crippen molar-refractivity contribution in [2.75, 3.05) is 18.8 Å². The molecule has 1 aromatic rings. The first-order valence-corrected chi connectivity index (χ1v) is 7.66. The van der Waals surface area contributed by atoms with Crippen molar-refractivity contribution in [1.29, 1.82) is 0 Å². The van der Waals surface area contributed by atoms with Crippen LogP contribution in [0.3, 0.4) is 0 Å². The molecule has 0 amide bonds. The monoisotopic (exact) mass is 283 g/mol. The van der Waals surface area contributed by atoms with Crippen molar-refractivity contribution in [3.8, 4) is 0 Å². The standard InChI is InChI=1S/C8H14ClN3O2S2/c1-2-12-16(13,14)4-3-10-6-8-11-5-7(9)15-8/h5,10,12H,2-4,6H2,1H3. The summed E-state index contributed by atoms with van der Waals surface area (Å²) in [5, 5.41) is 3.85. The molecule has 0 aromatic carbocycles. The van der Waals surface area contributed by atoms with E-state index in [1.54, 1.807) is 13.1 Å². The molecule has 0 spiro atoms. The molecule has 0 fully saturated rings. The predicted molar refractivity (Wildman–Crippen MR) is 66.3 cm³/mol. The molecule has 0 saturated heterocycles. The van der Waals surface area contributed by atoms with E-state index in [2.05, 4.69) is 15.0 Å². The minimum absolute atomic E-state index is 0.0694. The second kappa shape index (κ2) is 6.51. The van der Waals surface area contributed by atoms with E-state index in [0.717, 1.165) is 5.01 Å². The number of rotatable bonds is 7. The maximum atomic E-state index is 11.3. The van der Waals surface area contributed by atoms with Gasteiger partial charge < -0.3 is 5.32 Å². The third-order valence-corrected chi connectivity index (χ3v) is 4.30. The van der Waals surface area contributed by atoms with E-state index in [1.165, 1.54) is 11.3 Å². The Morgan fingerprint density at radius 3 is 2.88 bits per heavy atom. The van der Waals surface area contributed by atoms with Gasteiger partial charge in [0.25, 0.3) is 0 Å². The highest BCUT2D eigenvalue weighted by Crippen LogP contribution is 2.17. The van der Waals surface area contributed by atoms with Crippen LogP contribution >= 0.6 is 22.9 Å². The third kappa shape index (κ3) is 5.22. The molecule has 92 valence electrons. The van der Waals surface area contributed by atoms with Crippen LogP contribution in [0.2, 0.25) is 4.34 Å². The van der Waals surface area contributed by atoms with Crippen LogP contribution in [0.4, 0.5) is 0 Å². The van der Waals surface area contributed by atoms with Crippen molar-refractivity contribution >= 4 is 33.0 Å². The lowest BCUT2D eigenvalue weighted by Crippen LogP contribution is -2.31. The molecule has 8 heteroatoms. The summed E-state index contributed by atoms with van der Waals surface area (Å²) in [6.07, 6.45) is 1.58. The summed E-state index contributed by atoms with van der Waals surface area (Å²) in [4.78, 5) is 4.05. The van der Waals surface area contributed by atoms with Gasteiger partial charge in [0.15, 0.2) is 0 Å². The fourth-order valence-electron chi connectivity index (χ4n) is 1.06. The smallest absolute Gasteiger partial charge is 0.212 e. The highest BCUT2D eigenvalue weighted by Gasteiger charge is 2.07. The van der Waals surface area contributed by atoms with Gasteiger partial charge in [0.2, 0.25) is 10.0 Å². The molecule has 2 N–H and O–H groups in total. The zero-order chi connectivity index (χ0) is 12.0. The van der Waals surface area contributed by atoms with Gasteiger partial charge in [-0.1, -0.05) is 18.5 Å². The Hall–Kier alpha value is -0.210. The van der Waals surface area contributed by atoms with Crippen LogP contribution in [0.15, 0.2) is 6.20 Å². The van der Waals surface area contributed by atoms with Crippen molar-refractivity contribution in [3.63, 3.8) is 0 Å². The summed E-state index contributed by atoms with van der Waals surface area (Å²) >= 11 is 7.09. The molecule has 0 atom stereocenters. The summed E-state index contributed by atoms with van der Waals surface area (Å²) in [7, 11) is -3.14. The van der Waals surface area contributed by atoms with Gasteiger partial charge in [-0.2, -0.15) is 0 Å². The second-order valence-electron chi connectivity index (χ2n) is 3.05. The van der Waals surface area contributed by atoms with Gasteiger partial charge in [-0.25, -0.2) is 18.1 Å². The highest BCUT2D eigenvalue weighted by molar-refractivity contribution is 7.89. The van der Waals surface area contributed by atoms with Crippen molar-refractivity contribution < 1.29 is 8.42 Å². The van der Waals surface area contributed by atoms with E-state index in [1.807, 2.05) is 0 Å². The van der Waals surface area contributed by atoms with Crippen molar-refractivity contribution in [2.24, 2.45) is 0 Å². The number of thiazole rings is 1. The minimum Gasteiger partial charge on any atom is -0.309 e. The van der Waals surface area contributed by atoms with Gasteiger partial charge >= 0.3 is 0 Å². The number of nitrogens with one attached hydrogen (secondary N) is 2. The number of sulfonamides is 1. The maximum Gasteiger partial charge on any atom is 0.212 e. The first-order valence-electron chi connectivity index (χ1n) is 4.82. The van der Waals surface area contributed by atoms with Crippen molar-refractivity contribution in [2.45, 2.75) is 13.5 Å². The predicted octanol–water partition coefficient (Wildman–Crippen LogP) is 0.825. The molecule has 5 nitrogen and oxygen atoms in total. The zero-order valence-corrected chi connectivity index (χ0v) is 11.3. The number of nitrogens with zero attached hydrogens (tertiary/aromatic N) is 1. The van der Waals surface area contributed by atoms with Crippen LogP contribution < -0.4 is 10.0 Å². The van der Waals surface area contributed by atoms with Crippen molar-refractivity contribution in [3.05, 3.63) is 15.5 Å². The van der Waals surface area contributed by atoms with Gasteiger partial charge in [0.05, 0.1) is 11.9 Å². The average molecular weight is 284 g/mol. The van der Waals surface area contributed by atoms with Crippen LogP contribution in [0.25, 0.3) is 0 Å². The normalized spacial score (nSPS) is 11.9. The van der Waals surface area contributed by atoms with E-state index >= 15 is 0 Å². The summed E-state index contributed by atoms with van der Waals surface area (Å²) in [6.45, 7) is 3.11. The van der Waals surface area contributed by atoms with Crippen LogP contribution in [-0.4, -0.2) is 32.2 Å². The van der Waals surface area contributed by atoms with Crippen LogP contribution in [0.5, 0.6) is 0 Å². The number of aromatic nitrogens is 1. The lowest BCUT2D eigenvalue weighted by Gasteiger charge is -2.04. The molecule has 1 rings (SSSR count). The van der Waals surface area contributed by atoms with Crippen LogP contribution in [0.1, 0.15) is 11.9 Å². The first kappa shape index (κ1) is 13.9. The summed E-state index contributed by atoms with van der Waals surface area (Å²) in [5.41, 5.74) is 0. The van der Waals surface area contributed by atoms with E-state index < -0.39 is 10.0 Å². The highest BCUT2D eigenvalue weighted by atomic mass is 35.5. The molecule has 0 aliphatic heterocycles. The van der Waals surface area contributed by atoms with E-state index in [9.17, 15) is 8.42 Å². The molecule has 0 radical (unpaired) electrons. The molecule has 0 aliphatic rings. The first-order chi connectivity index (χ1) is 7.53. The van der Waals surface area contributed by atoms with Crippen molar-refractivity contribution in [1.82, 2.24) is 15.0 Å². The molecule has 16 heavy (non-hydrogen) atoms. The van der Waals surface area contributed by atoms with Gasteiger partial charge in [0, 0.05) is 19.6 Å². The Kier molecular flexibility index (Phi) is 5.63. The van der Waals surface area contributed by atoms with Gasteiger partial charge in [-0.3, -0.25) is 0 Å². The second-order valence-corrected chi connectivity index (χ2v) is 6.72. The topological polar surface area (TPSA) is 71.1 Å². The molecule has 0 aliphatic carbocycles. The Morgan fingerprint density at radius 2 is 2.31 bits per heavy atom. The Bertz CT molecular complexity index is 419. The van der Waals surface area contributed by atoms with E-state index in [4.69, 9.17) is 11.6 Å². The largest absolute Gasteiger partial charge is 0.309 e. The maximum absolute atomic E-state index is 11.3. The third-order valence-electron chi connectivity index (χ3n) is 1.71. The minimum atomic E-state index is -3.14. The molecule has 1 heterocycles. The molecular formula is C8H14ClN3O2S2. The Morgan fingerprint density at radius 1 is 1.56 bits per heavy atom. The number of hydrogen-bond acceptors (Lipinski definition) is 5. The fourth-order valence-corrected chi connectivity index (χ4v) is 2.99. The quantitative estimate of drug-likeness (QED) is 0.727. The summed E-state index contributed by atoms with van der Waals surface area (Å²) < 4.78 is 25.6. The van der Waals surface area contributed by atoms with Crippen LogP contribution in [0, 0.1) is 0 Å². The van der Waals surface area contributed by atoms with Gasteiger partial charge in [-0.05, 0) is 0 Å². The molecule has 0 bridgehead atoms. The molecular weight excluding hydrogens is 270 g/mol. The molecule has 0 saturated carbocycles. The van der Waals surface area contributed by atoms with E-state index in [-0.39, 0.29) is 5.75 Å². The average Bonchev–Trinajstić information content (AvgIpc) is 2.59. The lowest BCUT2D eigenvalue weighted by molar-refractivity contribution is 0.578. The van der Waals surface area contributed by atoms with Gasteiger partial charge in [0.1, 0.15) is 9.34 Å². The summed E-state index contributed by atoms with van der Waals surface area (Å²) in [5.74, 6) is 0.0694. The lowest BCUT2D eigenvalue weighted by atomic mass is 10.6. The van der Waals surface area contributed by atoms with E-state index in [0.29, 0.717) is 24.0 Å². The Balaban J connectivity index is 2.22. The Labute approximate surface area is 104 Å². The van der Waals surface area contributed by atoms with Gasteiger partial charge in [-0.15, -0.1) is 11.3 Å². The van der Waals surface area contributed by atoms with Crippen LogP contribution in [-0.2, 0) is 16.6 Å². The molecule has 1 aromatic heterocycles. The number of hydrogen-bond donors (Lipinski definition) is 2. The number of halogens is 1. The SMILES string of the molecule is CCNS(=O)(=O)CCNCc1ncc(Cl)s1. The fraction of sp³-hybridized carbons (Fsp3) is 0.625. The summed E-state index contributed by atoms with van der Waals surface area (Å²) in [6, 6.07) is 0.